The maximum Gasteiger partial charge on any atom is 0.261 e. The van der Waals surface area contributed by atoms with Gasteiger partial charge in [-0.3, -0.25) is 0 Å². The minimum Gasteiger partial charge on any atom is -0.334 e. The monoisotopic (exact) mass is 269 g/mol. The summed E-state index contributed by atoms with van der Waals surface area (Å²) in [5, 5.41) is 11.8. The van der Waals surface area contributed by atoms with E-state index in [1.165, 1.54) is 0 Å². The van der Waals surface area contributed by atoms with Gasteiger partial charge in [-0.2, -0.15) is 10.1 Å². The van der Waals surface area contributed by atoms with Crippen molar-refractivity contribution in [3.05, 3.63) is 36.4 Å². The molecule has 4 heterocycles. The summed E-state index contributed by atoms with van der Waals surface area (Å²) in [5.41, 5.74) is 1.87. The molecule has 1 fully saturated rings. The Bertz CT molecular complexity index is 726. The number of hydrogen-bond donors (Lipinski definition) is 1. The quantitative estimate of drug-likeness (QED) is 0.769. The van der Waals surface area contributed by atoms with Crippen molar-refractivity contribution in [1.82, 2.24) is 25.1 Å². The van der Waals surface area contributed by atoms with Crippen molar-refractivity contribution in [3.63, 3.8) is 0 Å². The molecule has 0 amide bonds. The number of pyridine rings is 1. The van der Waals surface area contributed by atoms with Crippen LogP contribution < -0.4 is 5.32 Å². The predicted molar refractivity (Wildman–Crippen MR) is 73.3 cm³/mol. The second-order valence-electron chi connectivity index (χ2n) is 5.07. The van der Waals surface area contributed by atoms with E-state index in [0.717, 1.165) is 42.8 Å². The van der Waals surface area contributed by atoms with Crippen LogP contribution in [0.4, 0.5) is 0 Å². The third-order valence-electron chi connectivity index (χ3n) is 3.80. The van der Waals surface area contributed by atoms with E-state index in [4.69, 9.17) is 4.52 Å². The van der Waals surface area contributed by atoms with E-state index in [1.54, 1.807) is 6.20 Å². The van der Waals surface area contributed by atoms with Crippen LogP contribution in [-0.2, 0) is 0 Å². The molecule has 0 aromatic carbocycles. The van der Waals surface area contributed by atoms with Crippen molar-refractivity contribution in [2.45, 2.75) is 18.8 Å². The van der Waals surface area contributed by atoms with Crippen LogP contribution in [0.25, 0.3) is 17.0 Å². The fourth-order valence-corrected chi connectivity index (χ4v) is 2.69. The summed E-state index contributed by atoms with van der Waals surface area (Å²) in [6, 6.07) is 5.92. The predicted octanol–water partition coefficient (Wildman–Crippen LogP) is 1.85. The van der Waals surface area contributed by atoms with Crippen LogP contribution in [0.3, 0.4) is 0 Å². The maximum atomic E-state index is 5.44. The van der Waals surface area contributed by atoms with Crippen LogP contribution in [0.5, 0.6) is 0 Å². The lowest BCUT2D eigenvalue weighted by Crippen LogP contribution is -2.27. The van der Waals surface area contributed by atoms with Crippen LogP contribution >= 0.6 is 0 Å². The van der Waals surface area contributed by atoms with E-state index in [0.29, 0.717) is 11.8 Å². The number of hydrogen-bond acceptors (Lipinski definition) is 5. The lowest BCUT2D eigenvalue weighted by atomic mass is 9.98. The lowest BCUT2D eigenvalue weighted by molar-refractivity contribution is 0.392. The fourth-order valence-electron chi connectivity index (χ4n) is 2.69. The molecule has 6 nitrogen and oxygen atoms in total. The summed E-state index contributed by atoms with van der Waals surface area (Å²) >= 11 is 0. The van der Waals surface area contributed by atoms with Gasteiger partial charge in [-0.1, -0.05) is 11.2 Å². The molecule has 0 bridgehead atoms. The Morgan fingerprint density at radius 2 is 2.15 bits per heavy atom. The highest BCUT2D eigenvalue weighted by Crippen LogP contribution is 2.27. The summed E-state index contributed by atoms with van der Waals surface area (Å²) in [7, 11) is 0. The van der Waals surface area contributed by atoms with E-state index in [-0.39, 0.29) is 0 Å². The molecule has 0 spiro atoms. The minimum atomic E-state index is 0.399. The molecule has 1 N–H and O–H groups in total. The molecule has 0 aliphatic carbocycles. The Hall–Kier alpha value is -2.21. The molecule has 0 atom stereocenters. The summed E-state index contributed by atoms with van der Waals surface area (Å²) in [4.78, 5) is 4.57. The first-order chi connectivity index (χ1) is 9.92. The molecular weight excluding hydrogens is 254 g/mol. The van der Waals surface area contributed by atoms with E-state index >= 15 is 0 Å². The Morgan fingerprint density at radius 3 is 3.05 bits per heavy atom. The third-order valence-corrected chi connectivity index (χ3v) is 3.80. The fraction of sp³-hybridized carbons (Fsp3) is 0.357. The molecule has 102 valence electrons. The van der Waals surface area contributed by atoms with Gasteiger partial charge < -0.3 is 9.84 Å². The minimum absolute atomic E-state index is 0.399. The zero-order valence-corrected chi connectivity index (χ0v) is 11.0. The van der Waals surface area contributed by atoms with Gasteiger partial charge in [0.2, 0.25) is 0 Å². The van der Waals surface area contributed by atoms with Crippen LogP contribution in [0.2, 0.25) is 0 Å². The number of piperidine rings is 1. The molecule has 1 aliphatic rings. The normalized spacial score (nSPS) is 16.8. The topological polar surface area (TPSA) is 68.2 Å². The SMILES string of the molecule is c1ccn2ncc(-c3nc(C4CCNCC4)no3)c2c1. The summed E-state index contributed by atoms with van der Waals surface area (Å²) in [6.07, 6.45) is 5.80. The number of nitrogens with zero attached hydrogens (tertiary/aromatic N) is 4. The first-order valence-corrected chi connectivity index (χ1v) is 6.89. The second-order valence-corrected chi connectivity index (χ2v) is 5.07. The Kier molecular flexibility index (Phi) is 2.74. The van der Waals surface area contributed by atoms with Gasteiger partial charge in [-0.05, 0) is 38.1 Å². The molecule has 3 aromatic rings. The highest BCUT2D eigenvalue weighted by Gasteiger charge is 2.22. The van der Waals surface area contributed by atoms with E-state index in [1.807, 2.05) is 28.9 Å². The molecule has 3 aromatic heterocycles. The van der Waals surface area contributed by atoms with Gasteiger partial charge in [0.1, 0.15) is 0 Å². The lowest BCUT2D eigenvalue weighted by Gasteiger charge is -2.18. The van der Waals surface area contributed by atoms with E-state index < -0.39 is 0 Å². The molecule has 4 rings (SSSR count). The number of nitrogens with one attached hydrogen (secondary N) is 1. The third kappa shape index (κ3) is 1.89. The molecule has 0 unspecified atom stereocenters. The zero-order chi connectivity index (χ0) is 13.4. The molecule has 1 aliphatic heterocycles. The van der Waals surface area contributed by atoms with Gasteiger partial charge in [-0.15, -0.1) is 0 Å². The highest BCUT2D eigenvalue weighted by atomic mass is 16.5. The second kappa shape index (κ2) is 4.72. The van der Waals surface area contributed by atoms with Gasteiger partial charge in [0.25, 0.3) is 5.89 Å². The van der Waals surface area contributed by atoms with Crippen molar-refractivity contribution in [3.8, 4) is 11.5 Å². The number of aromatic nitrogens is 4. The first kappa shape index (κ1) is 11.6. The molecular formula is C14H15N5O. The van der Waals surface area contributed by atoms with Gasteiger partial charge >= 0.3 is 0 Å². The maximum absolute atomic E-state index is 5.44. The van der Waals surface area contributed by atoms with Gasteiger partial charge in [0, 0.05) is 12.1 Å². The average Bonchev–Trinajstić information content (AvgIpc) is 3.14. The Labute approximate surface area is 115 Å². The van der Waals surface area contributed by atoms with Crippen LogP contribution in [0.1, 0.15) is 24.6 Å². The van der Waals surface area contributed by atoms with Crippen LogP contribution in [0.15, 0.2) is 35.1 Å². The summed E-state index contributed by atoms with van der Waals surface area (Å²) in [6.45, 7) is 2.04. The van der Waals surface area contributed by atoms with Gasteiger partial charge in [-0.25, -0.2) is 4.52 Å². The number of fused-ring (bicyclic) bond motifs is 1. The smallest absolute Gasteiger partial charge is 0.261 e. The van der Waals surface area contributed by atoms with Crippen molar-refractivity contribution < 1.29 is 4.52 Å². The van der Waals surface area contributed by atoms with Gasteiger partial charge in [0.05, 0.1) is 17.3 Å². The van der Waals surface area contributed by atoms with Crippen LogP contribution in [0, 0.1) is 0 Å². The van der Waals surface area contributed by atoms with E-state index in [2.05, 4.69) is 20.6 Å². The average molecular weight is 269 g/mol. The van der Waals surface area contributed by atoms with Crippen LogP contribution in [-0.4, -0.2) is 32.8 Å². The molecule has 20 heavy (non-hydrogen) atoms. The van der Waals surface area contributed by atoms with E-state index in [9.17, 15) is 0 Å². The van der Waals surface area contributed by atoms with Crippen molar-refractivity contribution >= 4 is 5.52 Å². The summed E-state index contributed by atoms with van der Waals surface area (Å²) in [5.74, 6) is 1.77. The Balaban J connectivity index is 1.70. The standard InChI is InChI=1S/C14H15N5O/c1-2-8-19-12(3-1)11(9-16-19)14-17-13(18-20-14)10-4-6-15-7-5-10/h1-3,8-10,15H,4-7H2. The highest BCUT2D eigenvalue weighted by molar-refractivity contribution is 5.74. The van der Waals surface area contributed by atoms with Crippen molar-refractivity contribution in [2.75, 3.05) is 13.1 Å². The van der Waals surface area contributed by atoms with Crippen molar-refractivity contribution in [1.29, 1.82) is 0 Å². The number of rotatable bonds is 2. The summed E-state index contributed by atoms with van der Waals surface area (Å²) < 4.78 is 7.24. The molecule has 6 heteroatoms. The largest absolute Gasteiger partial charge is 0.334 e. The van der Waals surface area contributed by atoms with Gasteiger partial charge in [0.15, 0.2) is 5.82 Å². The molecule has 0 saturated carbocycles. The first-order valence-electron chi connectivity index (χ1n) is 6.89. The van der Waals surface area contributed by atoms with Crippen molar-refractivity contribution in [2.24, 2.45) is 0 Å². The molecule has 1 saturated heterocycles. The zero-order valence-electron chi connectivity index (χ0n) is 11.0. The Morgan fingerprint density at radius 1 is 1.25 bits per heavy atom. The molecule has 0 radical (unpaired) electrons.